The topological polar surface area (TPSA) is 63.4 Å². The molecule has 9 heteroatoms. The van der Waals surface area contributed by atoms with Gasteiger partial charge in [0, 0.05) is 12.1 Å². The van der Waals surface area contributed by atoms with Crippen molar-refractivity contribution in [2.45, 2.75) is 13.1 Å². The van der Waals surface area contributed by atoms with E-state index < -0.39 is 23.6 Å². The number of hydrogen-bond donors (Lipinski definition) is 0. The zero-order chi connectivity index (χ0) is 18.0. The molecule has 0 aromatic rings. The van der Waals surface area contributed by atoms with E-state index in [9.17, 15) is 17.4 Å². The van der Waals surface area contributed by atoms with Crippen LogP contribution in [0.1, 0.15) is 6.92 Å². The first-order valence-corrected chi connectivity index (χ1v) is 8.70. The molecule has 1 atom stereocenters. The predicted molar refractivity (Wildman–Crippen MR) is 90.7 cm³/mol. The van der Waals surface area contributed by atoms with Crippen molar-refractivity contribution in [1.82, 2.24) is 0 Å². The molecule has 0 bridgehead atoms. The summed E-state index contributed by atoms with van der Waals surface area (Å²) >= 11 is 0. The molecule has 0 spiro atoms. The number of fused-ring (bicyclic) bond motifs is 1. The van der Waals surface area contributed by atoms with Gasteiger partial charge in [-0.2, -0.15) is 13.2 Å². The Balaban J connectivity index is 1.63. The Morgan fingerprint density at radius 2 is 2.12 bits per heavy atom. The molecule has 3 aliphatic rings. The summed E-state index contributed by atoms with van der Waals surface area (Å²) in [5.74, 6) is 0.586. The molecular formula is C16H14F3N3O2S. The van der Waals surface area contributed by atoms with Gasteiger partial charge in [-0.25, -0.2) is 9.98 Å². The second-order valence-corrected chi connectivity index (χ2v) is 6.71. The molecule has 0 saturated heterocycles. The van der Waals surface area contributed by atoms with Gasteiger partial charge < -0.3 is 4.74 Å². The number of nitrogens with zero attached hydrogens (tertiary/aromatic N) is 3. The molecule has 5 nitrogen and oxygen atoms in total. The highest BCUT2D eigenvalue weighted by Crippen LogP contribution is 2.25. The molecule has 132 valence electrons. The second kappa shape index (κ2) is 7.07. The molecule has 1 aliphatic carbocycles. The minimum absolute atomic E-state index is 0.0227. The number of amidine groups is 1. The summed E-state index contributed by atoms with van der Waals surface area (Å²) in [6.07, 6.45) is 4.21. The summed E-state index contributed by atoms with van der Waals surface area (Å²) in [5, 5.41) is 0.184. The molecule has 0 saturated carbocycles. The maximum Gasteiger partial charge on any atom is 0.422 e. The van der Waals surface area contributed by atoms with E-state index in [0.29, 0.717) is 23.0 Å². The van der Waals surface area contributed by atoms with Crippen LogP contribution < -0.4 is 0 Å². The van der Waals surface area contributed by atoms with Gasteiger partial charge in [-0.1, -0.05) is 6.08 Å². The molecule has 2 radical (unpaired) electrons. The van der Waals surface area contributed by atoms with Crippen molar-refractivity contribution in [3.05, 3.63) is 48.1 Å². The summed E-state index contributed by atoms with van der Waals surface area (Å²) < 4.78 is 54.2. The van der Waals surface area contributed by atoms with Gasteiger partial charge in [-0.3, -0.25) is 9.20 Å². The van der Waals surface area contributed by atoms with Crippen molar-refractivity contribution in [3.8, 4) is 0 Å². The van der Waals surface area contributed by atoms with E-state index in [0.717, 1.165) is 0 Å². The molecular weight excluding hydrogens is 355 g/mol. The highest BCUT2D eigenvalue weighted by molar-refractivity contribution is 8.01. The van der Waals surface area contributed by atoms with Gasteiger partial charge in [-0.15, -0.1) is 0 Å². The number of dihydropyridines is 1. The number of alkyl halides is 3. The lowest BCUT2D eigenvalue weighted by Gasteiger charge is -2.22. The summed E-state index contributed by atoms with van der Waals surface area (Å²) in [5.41, 5.74) is 1.73. The molecule has 1 unspecified atom stereocenters. The highest BCUT2D eigenvalue weighted by Gasteiger charge is 2.32. The monoisotopic (exact) mass is 369 g/mol. The third kappa shape index (κ3) is 4.33. The van der Waals surface area contributed by atoms with Crippen LogP contribution in [0.5, 0.6) is 0 Å². The highest BCUT2D eigenvalue weighted by atomic mass is 32.2. The fourth-order valence-corrected chi connectivity index (χ4v) is 3.39. The van der Waals surface area contributed by atoms with Gasteiger partial charge in [0.15, 0.2) is 6.61 Å². The molecule has 25 heavy (non-hydrogen) atoms. The number of hydrogen-bond acceptors (Lipinski definition) is 5. The van der Waals surface area contributed by atoms with Crippen molar-refractivity contribution in [2.24, 2.45) is 15.0 Å². The number of rotatable bonds is 4. The van der Waals surface area contributed by atoms with Crippen LogP contribution in [0.25, 0.3) is 0 Å². The quantitative estimate of drug-likeness (QED) is 0.765. The standard InChI is InChI=1S/C16H14F3N3O2S/c1-10-13(20-7-6-14(10)24-9-16(17,18)19)8-25(23)15-21-11-4-2-3-5-12(11)22-15/h2-6H,7-9H2,1H3. The first-order chi connectivity index (χ1) is 11.8. The Kier molecular flexibility index (Phi) is 5.03. The summed E-state index contributed by atoms with van der Waals surface area (Å²) in [7, 11) is -1.55. The van der Waals surface area contributed by atoms with Crippen LogP contribution in [0.4, 0.5) is 13.2 Å². The SMILES string of the molecule is C[C]1C(OCC(F)(F)F)=CCN=C1CS(=O)C1=NC2=C[CH]C=CC2=N1. The van der Waals surface area contributed by atoms with E-state index in [-0.39, 0.29) is 23.2 Å². The van der Waals surface area contributed by atoms with E-state index >= 15 is 0 Å². The van der Waals surface area contributed by atoms with Gasteiger partial charge in [0.2, 0.25) is 5.17 Å². The third-order valence-electron chi connectivity index (χ3n) is 3.54. The molecule has 0 aromatic carbocycles. The minimum Gasteiger partial charge on any atom is -0.488 e. The second-order valence-electron chi connectivity index (χ2n) is 5.37. The van der Waals surface area contributed by atoms with Crippen molar-refractivity contribution in [2.75, 3.05) is 18.9 Å². The van der Waals surface area contributed by atoms with Gasteiger partial charge >= 0.3 is 6.18 Å². The van der Waals surface area contributed by atoms with Crippen molar-refractivity contribution >= 4 is 27.4 Å². The molecule has 0 N–H and O–H groups in total. The number of halogens is 3. The molecule has 0 amide bonds. The summed E-state index contributed by atoms with van der Waals surface area (Å²) in [6, 6.07) is 0. The number of ether oxygens (including phenoxy) is 1. The molecule has 0 fully saturated rings. The Labute approximate surface area is 145 Å². The average molecular weight is 369 g/mol. The molecule has 3 rings (SSSR count). The van der Waals surface area contributed by atoms with Crippen LogP contribution in [-0.2, 0) is 15.5 Å². The molecule has 0 aromatic heterocycles. The van der Waals surface area contributed by atoms with Crippen molar-refractivity contribution in [3.63, 3.8) is 0 Å². The summed E-state index contributed by atoms with van der Waals surface area (Å²) in [4.78, 5) is 12.7. The maximum absolute atomic E-state index is 12.5. The largest absolute Gasteiger partial charge is 0.488 e. The fraction of sp³-hybridized carbons (Fsp3) is 0.312. The minimum atomic E-state index is -4.41. The van der Waals surface area contributed by atoms with E-state index in [1.807, 2.05) is 12.5 Å². The normalized spacial score (nSPS) is 21.7. The van der Waals surface area contributed by atoms with Crippen LogP contribution in [0, 0.1) is 12.3 Å². The first-order valence-electron chi connectivity index (χ1n) is 7.38. The Hall–Kier alpha value is -2.03. The van der Waals surface area contributed by atoms with Gasteiger partial charge in [0.05, 0.1) is 40.4 Å². The lowest BCUT2D eigenvalue weighted by molar-refractivity contribution is -0.164. The Bertz CT molecular complexity index is 776. The van der Waals surface area contributed by atoms with Gasteiger partial charge in [-0.05, 0) is 25.2 Å². The maximum atomic E-state index is 12.5. The van der Waals surface area contributed by atoms with E-state index in [2.05, 4.69) is 15.0 Å². The van der Waals surface area contributed by atoms with Crippen LogP contribution in [0.2, 0.25) is 0 Å². The average Bonchev–Trinajstić information content (AvgIpc) is 2.99. The predicted octanol–water partition coefficient (Wildman–Crippen LogP) is 2.72. The Morgan fingerprint density at radius 1 is 1.32 bits per heavy atom. The van der Waals surface area contributed by atoms with Gasteiger partial charge in [0.25, 0.3) is 0 Å². The van der Waals surface area contributed by atoms with Gasteiger partial charge in [0.1, 0.15) is 5.76 Å². The summed E-state index contributed by atoms with van der Waals surface area (Å²) in [6.45, 7) is 0.407. The van der Waals surface area contributed by atoms with Crippen molar-refractivity contribution in [1.29, 1.82) is 0 Å². The Morgan fingerprint density at radius 3 is 2.84 bits per heavy atom. The number of aliphatic imine (C=N–C) groups is 3. The lowest BCUT2D eigenvalue weighted by Crippen LogP contribution is -2.27. The smallest absolute Gasteiger partial charge is 0.422 e. The molecule has 2 aliphatic heterocycles. The fourth-order valence-electron chi connectivity index (χ4n) is 2.31. The first kappa shape index (κ1) is 17.8. The van der Waals surface area contributed by atoms with Crippen LogP contribution >= 0.6 is 0 Å². The number of allylic oxidation sites excluding steroid dienone is 4. The van der Waals surface area contributed by atoms with Crippen LogP contribution in [0.15, 0.2) is 50.7 Å². The van der Waals surface area contributed by atoms with E-state index in [1.165, 1.54) is 6.08 Å². The molecule has 2 heterocycles. The van der Waals surface area contributed by atoms with Crippen molar-refractivity contribution < 1.29 is 22.1 Å². The lowest BCUT2D eigenvalue weighted by atomic mass is 10.0. The third-order valence-corrected chi connectivity index (χ3v) is 4.66. The van der Waals surface area contributed by atoms with Crippen LogP contribution in [-0.4, -0.2) is 45.9 Å². The zero-order valence-electron chi connectivity index (χ0n) is 13.2. The van der Waals surface area contributed by atoms with E-state index in [4.69, 9.17) is 4.74 Å². The van der Waals surface area contributed by atoms with E-state index in [1.54, 1.807) is 19.1 Å². The zero-order valence-corrected chi connectivity index (χ0v) is 14.0. The van der Waals surface area contributed by atoms with Crippen LogP contribution in [0.3, 0.4) is 0 Å².